The van der Waals surface area contributed by atoms with Gasteiger partial charge in [0.2, 0.25) is 0 Å². The maximum atomic E-state index is 11.7. The number of hydrogen-bond acceptors (Lipinski definition) is 8. The highest BCUT2D eigenvalue weighted by Crippen LogP contribution is 2.15. The molecule has 2 rings (SSSR count). The van der Waals surface area contributed by atoms with Crippen molar-refractivity contribution in [2.45, 2.75) is 6.42 Å². The van der Waals surface area contributed by atoms with Gasteiger partial charge in [0.15, 0.2) is 11.7 Å². The molecule has 10 nitrogen and oxygen atoms in total. The van der Waals surface area contributed by atoms with Crippen molar-refractivity contribution in [2.75, 3.05) is 14.2 Å². The summed E-state index contributed by atoms with van der Waals surface area (Å²) in [5, 5.41) is 14.7. The van der Waals surface area contributed by atoms with Crippen molar-refractivity contribution in [3.05, 3.63) is 46.4 Å². The fraction of sp³-hybridized carbons (Fsp3) is 0.286. The lowest BCUT2D eigenvalue weighted by Crippen LogP contribution is -2.28. The first-order chi connectivity index (χ1) is 11.5. The van der Waals surface area contributed by atoms with Crippen molar-refractivity contribution < 1.29 is 24.0 Å². The van der Waals surface area contributed by atoms with E-state index in [0.717, 1.165) is 6.20 Å². The van der Waals surface area contributed by atoms with Crippen molar-refractivity contribution in [3.63, 3.8) is 0 Å². The molecule has 0 saturated carbocycles. The average Bonchev–Trinajstić information content (AvgIpc) is 3.07. The van der Waals surface area contributed by atoms with Crippen molar-refractivity contribution >= 4 is 17.6 Å². The highest BCUT2D eigenvalue weighted by molar-refractivity contribution is 5.95. The second kappa shape index (κ2) is 7.31. The SMILES string of the molecule is COC(=O)C(Cc1cnn(-c2ccc([N+](=O)[O-])cn2)c1)C(=O)OC. The number of aromatic nitrogens is 3. The van der Waals surface area contributed by atoms with E-state index in [1.165, 1.54) is 37.2 Å². The number of ether oxygens (including phenoxy) is 2. The smallest absolute Gasteiger partial charge is 0.320 e. The van der Waals surface area contributed by atoms with Gasteiger partial charge in [0.1, 0.15) is 6.20 Å². The zero-order valence-electron chi connectivity index (χ0n) is 12.9. The fourth-order valence-corrected chi connectivity index (χ4v) is 2.00. The largest absolute Gasteiger partial charge is 0.468 e. The van der Waals surface area contributed by atoms with Gasteiger partial charge in [-0.15, -0.1) is 0 Å². The van der Waals surface area contributed by atoms with Gasteiger partial charge in [0, 0.05) is 12.3 Å². The number of esters is 2. The van der Waals surface area contributed by atoms with Crippen molar-refractivity contribution in [3.8, 4) is 5.82 Å². The number of nitrogens with zero attached hydrogens (tertiary/aromatic N) is 4. The molecule has 0 aliphatic rings. The number of carbonyl (C=O) groups is 2. The van der Waals surface area contributed by atoms with Crippen LogP contribution in [0.15, 0.2) is 30.7 Å². The first-order valence-corrected chi connectivity index (χ1v) is 6.76. The quantitative estimate of drug-likeness (QED) is 0.327. The van der Waals surface area contributed by atoms with Crippen LogP contribution in [0.1, 0.15) is 5.56 Å². The Balaban J connectivity index is 2.18. The molecule has 2 aromatic heterocycles. The van der Waals surface area contributed by atoms with Gasteiger partial charge in [-0.2, -0.15) is 5.10 Å². The Hall–Kier alpha value is -3.30. The Bertz CT molecular complexity index is 739. The second-order valence-electron chi connectivity index (χ2n) is 4.73. The van der Waals surface area contributed by atoms with Crippen LogP contribution in [0.4, 0.5) is 5.69 Å². The van der Waals surface area contributed by atoms with Crippen LogP contribution in [0.2, 0.25) is 0 Å². The Morgan fingerprint density at radius 1 is 1.25 bits per heavy atom. The number of hydrogen-bond donors (Lipinski definition) is 0. The standard InChI is InChI=1S/C14H14N4O6/c1-23-13(19)11(14(20)24-2)5-9-6-16-17(8-9)12-4-3-10(7-15-12)18(21)22/h3-4,6-8,11H,5H2,1-2H3. The van der Waals surface area contributed by atoms with Crippen molar-refractivity contribution in [1.82, 2.24) is 14.8 Å². The number of carbonyl (C=O) groups excluding carboxylic acids is 2. The normalized spacial score (nSPS) is 10.5. The van der Waals surface area contributed by atoms with Crippen LogP contribution >= 0.6 is 0 Å². The lowest BCUT2D eigenvalue weighted by atomic mass is 10.0. The maximum absolute atomic E-state index is 11.7. The molecule has 0 fully saturated rings. The highest BCUT2D eigenvalue weighted by Gasteiger charge is 2.29. The van der Waals surface area contributed by atoms with Crippen LogP contribution in [-0.4, -0.2) is 45.8 Å². The lowest BCUT2D eigenvalue weighted by molar-refractivity contribution is -0.385. The predicted octanol–water partition coefficient (Wildman–Crippen LogP) is 0.680. The Morgan fingerprint density at radius 3 is 2.42 bits per heavy atom. The Morgan fingerprint density at radius 2 is 1.92 bits per heavy atom. The summed E-state index contributed by atoms with van der Waals surface area (Å²) in [6.45, 7) is 0. The zero-order chi connectivity index (χ0) is 17.7. The molecule has 0 aliphatic carbocycles. The first-order valence-electron chi connectivity index (χ1n) is 6.76. The summed E-state index contributed by atoms with van der Waals surface area (Å²) >= 11 is 0. The molecule has 10 heteroatoms. The molecule has 0 radical (unpaired) electrons. The summed E-state index contributed by atoms with van der Waals surface area (Å²) < 4.78 is 10.6. The minimum atomic E-state index is -1.09. The van der Waals surface area contributed by atoms with Crippen LogP contribution in [-0.2, 0) is 25.5 Å². The van der Waals surface area contributed by atoms with E-state index in [4.69, 9.17) is 0 Å². The van der Waals surface area contributed by atoms with Crippen LogP contribution in [0.5, 0.6) is 0 Å². The summed E-state index contributed by atoms with van der Waals surface area (Å²) in [6.07, 6.45) is 4.18. The number of rotatable bonds is 6. The third-order valence-electron chi connectivity index (χ3n) is 3.23. The Labute approximate surface area is 136 Å². The van der Waals surface area contributed by atoms with Gasteiger partial charge in [0.25, 0.3) is 5.69 Å². The number of pyridine rings is 1. The van der Waals surface area contributed by atoms with Gasteiger partial charge in [0.05, 0.1) is 25.3 Å². The third-order valence-corrected chi connectivity index (χ3v) is 3.23. The topological polar surface area (TPSA) is 126 Å². The molecule has 126 valence electrons. The molecule has 0 aliphatic heterocycles. The van der Waals surface area contributed by atoms with Crippen molar-refractivity contribution in [2.24, 2.45) is 5.92 Å². The molecule has 2 heterocycles. The summed E-state index contributed by atoms with van der Waals surface area (Å²) in [7, 11) is 2.37. The molecular weight excluding hydrogens is 320 g/mol. The molecule has 0 atom stereocenters. The number of methoxy groups -OCH3 is 2. The molecule has 2 aromatic rings. The van der Waals surface area contributed by atoms with E-state index in [-0.39, 0.29) is 12.1 Å². The molecule has 0 unspecified atom stereocenters. The summed E-state index contributed by atoms with van der Waals surface area (Å²) in [6, 6.07) is 2.74. The van der Waals surface area contributed by atoms with Gasteiger partial charge in [-0.05, 0) is 18.1 Å². The second-order valence-corrected chi connectivity index (χ2v) is 4.73. The number of nitro groups is 1. The van der Waals surface area contributed by atoms with E-state index in [1.807, 2.05) is 0 Å². The summed E-state index contributed by atoms with van der Waals surface area (Å²) in [5.74, 6) is -2.15. The monoisotopic (exact) mass is 334 g/mol. The van der Waals surface area contributed by atoms with E-state index in [2.05, 4.69) is 19.6 Å². The molecule has 0 amide bonds. The molecule has 24 heavy (non-hydrogen) atoms. The summed E-state index contributed by atoms with van der Waals surface area (Å²) in [4.78, 5) is 37.3. The first kappa shape index (κ1) is 17.1. The summed E-state index contributed by atoms with van der Waals surface area (Å²) in [5.41, 5.74) is 0.443. The predicted molar refractivity (Wildman–Crippen MR) is 79.2 cm³/mol. The van der Waals surface area contributed by atoms with Gasteiger partial charge in [-0.25, -0.2) is 9.67 Å². The zero-order valence-corrected chi connectivity index (χ0v) is 12.9. The minimum Gasteiger partial charge on any atom is -0.468 e. The van der Waals surface area contributed by atoms with Gasteiger partial charge in [-0.1, -0.05) is 0 Å². The van der Waals surface area contributed by atoms with Crippen LogP contribution < -0.4 is 0 Å². The molecule has 0 spiro atoms. The molecular formula is C14H14N4O6. The molecule has 0 bridgehead atoms. The fourth-order valence-electron chi connectivity index (χ4n) is 2.00. The lowest BCUT2D eigenvalue weighted by Gasteiger charge is -2.10. The van der Waals surface area contributed by atoms with Crippen LogP contribution in [0, 0.1) is 16.0 Å². The van der Waals surface area contributed by atoms with E-state index < -0.39 is 22.8 Å². The van der Waals surface area contributed by atoms with Crippen molar-refractivity contribution in [1.29, 1.82) is 0 Å². The molecule has 0 saturated heterocycles. The van der Waals surface area contributed by atoms with Crippen LogP contribution in [0.25, 0.3) is 5.82 Å². The van der Waals surface area contributed by atoms with E-state index in [9.17, 15) is 19.7 Å². The molecule has 0 N–H and O–H groups in total. The van der Waals surface area contributed by atoms with Crippen LogP contribution in [0.3, 0.4) is 0 Å². The van der Waals surface area contributed by atoms with Gasteiger partial charge < -0.3 is 9.47 Å². The molecule has 0 aromatic carbocycles. The van der Waals surface area contributed by atoms with Gasteiger partial charge >= 0.3 is 11.9 Å². The Kier molecular flexibility index (Phi) is 5.20. The maximum Gasteiger partial charge on any atom is 0.320 e. The third kappa shape index (κ3) is 3.72. The van der Waals surface area contributed by atoms with Gasteiger partial charge in [-0.3, -0.25) is 19.7 Å². The van der Waals surface area contributed by atoms with E-state index >= 15 is 0 Å². The van der Waals surface area contributed by atoms with E-state index in [1.54, 1.807) is 6.20 Å². The van der Waals surface area contributed by atoms with E-state index in [0.29, 0.717) is 11.4 Å². The highest BCUT2D eigenvalue weighted by atomic mass is 16.6. The minimum absolute atomic E-state index is 0.0479. The average molecular weight is 334 g/mol.